The zero-order valence-electron chi connectivity index (χ0n) is 6.65. The van der Waals surface area contributed by atoms with E-state index >= 15 is 0 Å². The Bertz CT molecular complexity index is 178. The molecule has 0 aromatic carbocycles. The van der Waals surface area contributed by atoms with Crippen molar-refractivity contribution in [3.8, 4) is 0 Å². The summed E-state index contributed by atoms with van der Waals surface area (Å²) in [4.78, 5) is 10.6. The molecular formula is C7H11O4S-. The number of hydrogen-bond acceptors (Lipinski definition) is 4. The molecule has 0 heterocycles. The monoisotopic (exact) mass is 191 g/mol. The minimum absolute atomic E-state index is 0.0294. The third-order valence-corrected chi connectivity index (χ3v) is 1.58. The van der Waals surface area contributed by atoms with Crippen molar-refractivity contribution in [3.05, 3.63) is 12.7 Å². The van der Waals surface area contributed by atoms with Crippen LogP contribution < -0.4 is 0 Å². The minimum Gasteiger partial charge on any atom is -0.750 e. The molecule has 0 aromatic rings. The Labute approximate surface area is 74.1 Å². The maximum absolute atomic E-state index is 10.6. The average molecular weight is 191 g/mol. The molecule has 0 aromatic heterocycles. The van der Waals surface area contributed by atoms with Crippen molar-refractivity contribution in [1.82, 2.24) is 0 Å². The van der Waals surface area contributed by atoms with E-state index in [0.29, 0.717) is 19.3 Å². The van der Waals surface area contributed by atoms with E-state index in [-0.39, 0.29) is 12.4 Å². The molecule has 1 unspecified atom stereocenters. The van der Waals surface area contributed by atoms with Gasteiger partial charge in [0.15, 0.2) is 5.78 Å². The first-order chi connectivity index (χ1) is 5.66. The Morgan fingerprint density at radius 2 is 2.25 bits per heavy atom. The van der Waals surface area contributed by atoms with Gasteiger partial charge in [0.2, 0.25) is 0 Å². The summed E-state index contributed by atoms with van der Waals surface area (Å²) in [5.74, 6) is -0.0294. The van der Waals surface area contributed by atoms with Gasteiger partial charge in [0.1, 0.15) is 0 Å². The van der Waals surface area contributed by atoms with Gasteiger partial charge < -0.3 is 8.74 Å². The third-order valence-electron chi connectivity index (χ3n) is 1.22. The largest absolute Gasteiger partial charge is 0.750 e. The third kappa shape index (κ3) is 7.59. The van der Waals surface area contributed by atoms with E-state index in [2.05, 4.69) is 10.8 Å². The van der Waals surface area contributed by atoms with E-state index in [1.807, 2.05) is 0 Å². The zero-order valence-corrected chi connectivity index (χ0v) is 7.47. The fourth-order valence-electron chi connectivity index (χ4n) is 0.630. The summed E-state index contributed by atoms with van der Waals surface area (Å²) in [5.41, 5.74) is 0. The number of carbonyl (C=O) groups is 1. The summed E-state index contributed by atoms with van der Waals surface area (Å²) in [6.07, 6.45) is 2.85. The second-order valence-corrected chi connectivity index (χ2v) is 2.80. The van der Waals surface area contributed by atoms with Gasteiger partial charge >= 0.3 is 0 Å². The van der Waals surface area contributed by atoms with Crippen LogP contribution in [0.3, 0.4) is 0 Å². The molecule has 70 valence electrons. The molecule has 5 heteroatoms. The average Bonchev–Trinajstić information content (AvgIpc) is 2.03. The lowest BCUT2D eigenvalue weighted by Gasteiger charge is -2.03. The predicted molar refractivity (Wildman–Crippen MR) is 43.9 cm³/mol. The van der Waals surface area contributed by atoms with E-state index in [4.69, 9.17) is 0 Å². The molecule has 0 bridgehead atoms. The molecule has 0 aliphatic rings. The molecule has 0 amide bonds. The predicted octanol–water partition coefficient (Wildman–Crippen LogP) is 0.723. The van der Waals surface area contributed by atoms with Crippen molar-refractivity contribution in [2.24, 2.45) is 0 Å². The molecule has 12 heavy (non-hydrogen) atoms. The lowest BCUT2D eigenvalue weighted by molar-refractivity contribution is -0.114. The lowest BCUT2D eigenvalue weighted by atomic mass is 10.2. The summed E-state index contributed by atoms with van der Waals surface area (Å²) in [6.45, 7) is 3.45. The van der Waals surface area contributed by atoms with Crippen molar-refractivity contribution >= 4 is 17.1 Å². The van der Waals surface area contributed by atoms with Crippen molar-refractivity contribution in [2.75, 3.05) is 6.61 Å². The van der Waals surface area contributed by atoms with Gasteiger partial charge in [0, 0.05) is 6.42 Å². The Balaban J connectivity index is 3.16. The second-order valence-electron chi connectivity index (χ2n) is 2.15. The highest BCUT2D eigenvalue weighted by Gasteiger charge is 1.95. The van der Waals surface area contributed by atoms with Crippen LogP contribution in [-0.4, -0.2) is 21.2 Å². The van der Waals surface area contributed by atoms with Gasteiger partial charge in [-0.1, -0.05) is 6.58 Å². The highest BCUT2D eigenvalue weighted by molar-refractivity contribution is 7.74. The van der Waals surface area contributed by atoms with Crippen LogP contribution >= 0.6 is 0 Å². The maximum Gasteiger partial charge on any atom is 0.155 e. The molecule has 0 saturated heterocycles. The van der Waals surface area contributed by atoms with Crippen molar-refractivity contribution in [3.63, 3.8) is 0 Å². The van der Waals surface area contributed by atoms with Crippen LogP contribution in [0.15, 0.2) is 12.7 Å². The quantitative estimate of drug-likeness (QED) is 0.338. The van der Waals surface area contributed by atoms with Gasteiger partial charge in [-0.05, 0) is 18.9 Å². The molecular weight excluding hydrogens is 180 g/mol. The van der Waals surface area contributed by atoms with Crippen LogP contribution in [-0.2, 0) is 20.3 Å². The van der Waals surface area contributed by atoms with Gasteiger partial charge in [-0.3, -0.25) is 4.79 Å². The summed E-state index contributed by atoms with van der Waals surface area (Å²) >= 11 is -2.44. The van der Waals surface area contributed by atoms with Gasteiger partial charge in [0.25, 0.3) is 0 Å². The Morgan fingerprint density at radius 3 is 2.75 bits per heavy atom. The summed E-state index contributed by atoms with van der Waals surface area (Å²) in [5, 5.41) is 0. The zero-order chi connectivity index (χ0) is 9.40. The van der Waals surface area contributed by atoms with Crippen LogP contribution in [0.1, 0.15) is 19.3 Å². The van der Waals surface area contributed by atoms with Crippen molar-refractivity contribution < 1.29 is 17.7 Å². The van der Waals surface area contributed by atoms with Crippen LogP contribution in [0.5, 0.6) is 0 Å². The van der Waals surface area contributed by atoms with Crippen LogP contribution in [0.4, 0.5) is 0 Å². The van der Waals surface area contributed by atoms with Crippen LogP contribution in [0.2, 0.25) is 0 Å². The fraction of sp³-hybridized carbons (Fsp3) is 0.571. The first kappa shape index (κ1) is 11.5. The topological polar surface area (TPSA) is 66.4 Å². The van der Waals surface area contributed by atoms with Gasteiger partial charge in [-0.2, -0.15) is 0 Å². The number of hydrogen-bond donors (Lipinski definition) is 0. The molecule has 0 saturated carbocycles. The molecule has 0 fully saturated rings. The normalized spacial score (nSPS) is 12.4. The van der Waals surface area contributed by atoms with E-state index in [1.54, 1.807) is 0 Å². The molecule has 0 rings (SSSR count). The van der Waals surface area contributed by atoms with E-state index < -0.39 is 11.4 Å². The summed E-state index contributed by atoms with van der Waals surface area (Å²) < 4.78 is 23.9. The first-order valence-electron chi connectivity index (χ1n) is 3.54. The highest BCUT2D eigenvalue weighted by Crippen LogP contribution is 1.97. The van der Waals surface area contributed by atoms with E-state index in [0.717, 1.165) is 0 Å². The van der Waals surface area contributed by atoms with Gasteiger partial charge in [-0.15, -0.1) is 0 Å². The number of carbonyl (C=O) groups excluding carboxylic acids is 1. The Kier molecular flexibility index (Phi) is 6.84. The molecule has 0 aliphatic carbocycles. The summed E-state index contributed by atoms with van der Waals surface area (Å²) in [7, 11) is 0. The molecule has 0 spiro atoms. The first-order valence-corrected chi connectivity index (χ1v) is 4.54. The van der Waals surface area contributed by atoms with Crippen molar-refractivity contribution in [2.45, 2.75) is 19.3 Å². The maximum atomic E-state index is 10.6. The smallest absolute Gasteiger partial charge is 0.155 e. The van der Waals surface area contributed by atoms with Gasteiger partial charge in [0.05, 0.1) is 18.0 Å². The minimum atomic E-state index is -2.44. The van der Waals surface area contributed by atoms with Crippen molar-refractivity contribution in [1.29, 1.82) is 0 Å². The Morgan fingerprint density at radius 1 is 1.58 bits per heavy atom. The molecule has 0 radical (unpaired) electrons. The SMILES string of the molecule is C=CC(=O)CCCCOS(=O)[O-]. The highest BCUT2D eigenvalue weighted by atomic mass is 32.2. The van der Waals surface area contributed by atoms with Crippen LogP contribution in [0.25, 0.3) is 0 Å². The van der Waals surface area contributed by atoms with Crippen LogP contribution in [0, 0.1) is 0 Å². The molecule has 1 atom stereocenters. The lowest BCUT2D eigenvalue weighted by Crippen LogP contribution is -1.99. The molecule has 0 N–H and O–H groups in total. The number of unbranched alkanes of at least 4 members (excludes halogenated alkanes) is 1. The fourth-order valence-corrected chi connectivity index (χ4v) is 0.884. The van der Waals surface area contributed by atoms with Gasteiger partial charge in [-0.25, -0.2) is 4.21 Å². The number of allylic oxidation sites excluding steroid dienone is 1. The van der Waals surface area contributed by atoms with E-state index in [9.17, 15) is 13.6 Å². The standard InChI is InChI=1S/C7H12O4S/c1-2-7(8)5-3-4-6-11-12(9)10/h2H,1,3-6H2,(H,9,10)/p-1. The Hall–Kier alpha value is -0.520. The second kappa shape index (κ2) is 7.15. The number of rotatable bonds is 7. The molecule has 4 nitrogen and oxygen atoms in total. The number of ketones is 1. The van der Waals surface area contributed by atoms with E-state index in [1.165, 1.54) is 6.08 Å². The molecule has 0 aliphatic heterocycles. The summed E-state index contributed by atoms with van der Waals surface area (Å²) in [6, 6.07) is 0.